The molecule has 0 bridgehead atoms. The van der Waals surface area contributed by atoms with Crippen LogP contribution in [0.4, 0.5) is 5.69 Å². The normalized spacial score (nSPS) is 23.1. The highest BCUT2D eigenvalue weighted by Gasteiger charge is 2.23. The van der Waals surface area contributed by atoms with E-state index in [1.165, 1.54) is 24.1 Å². The number of anilines is 1. The van der Waals surface area contributed by atoms with Crippen LogP contribution in [0, 0.1) is 0 Å². The Morgan fingerprint density at radius 2 is 2.25 bits per heavy atom. The molecule has 0 radical (unpaired) electrons. The van der Waals surface area contributed by atoms with E-state index in [1.807, 2.05) is 0 Å². The van der Waals surface area contributed by atoms with Gasteiger partial charge in [0.2, 0.25) is 0 Å². The highest BCUT2D eigenvalue weighted by molar-refractivity contribution is 6.31. The van der Waals surface area contributed by atoms with Crippen molar-refractivity contribution in [3.8, 4) is 0 Å². The third-order valence-electron chi connectivity index (χ3n) is 4.23. The second kappa shape index (κ2) is 6.33. The zero-order valence-electron chi connectivity index (χ0n) is 12.1. The lowest BCUT2D eigenvalue weighted by Crippen LogP contribution is -2.45. The summed E-state index contributed by atoms with van der Waals surface area (Å²) in [5.74, 6) is 0. The summed E-state index contributed by atoms with van der Waals surface area (Å²) in [5.41, 5.74) is 2.42. The van der Waals surface area contributed by atoms with E-state index in [1.54, 1.807) is 0 Å². The molecule has 20 heavy (non-hydrogen) atoms. The molecule has 1 saturated heterocycles. The summed E-state index contributed by atoms with van der Waals surface area (Å²) in [7, 11) is 0. The summed E-state index contributed by atoms with van der Waals surface area (Å²) >= 11 is 6.45. The molecule has 1 atom stereocenters. The summed E-state index contributed by atoms with van der Waals surface area (Å²) < 4.78 is 5.57. The summed E-state index contributed by atoms with van der Waals surface area (Å²) in [6.07, 6.45) is 3.71. The van der Waals surface area contributed by atoms with Gasteiger partial charge in [0.05, 0.1) is 19.3 Å². The number of morpholine rings is 1. The molecule has 1 saturated carbocycles. The fourth-order valence-corrected chi connectivity index (χ4v) is 2.97. The minimum absolute atomic E-state index is 0.468. The van der Waals surface area contributed by atoms with E-state index < -0.39 is 0 Å². The van der Waals surface area contributed by atoms with Gasteiger partial charge in [0, 0.05) is 29.8 Å². The predicted molar refractivity (Wildman–Crippen MR) is 83.6 cm³/mol. The van der Waals surface area contributed by atoms with Crippen LogP contribution in [0.3, 0.4) is 0 Å². The average Bonchev–Trinajstić information content (AvgIpc) is 3.30. The second-order valence-corrected chi connectivity index (χ2v) is 6.17. The maximum Gasteiger partial charge on any atom is 0.0670 e. The summed E-state index contributed by atoms with van der Waals surface area (Å²) in [6, 6.07) is 7.66. The molecule has 110 valence electrons. The maximum absolute atomic E-state index is 6.45. The number of ether oxygens (including phenoxy) is 1. The summed E-state index contributed by atoms with van der Waals surface area (Å²) in [4.78, 5) is 2.42. The Morgan fingerprint density at radius 1 is 1.40 bits per heavy atom. The molecule has 1 aromatic rings. The smallest absolute Gasteiger partial charge is 0.0670 e. The molecule has 2 fully saturated rings. The van der Waals surface area contributed by atoms with Gasteiger partial charge in [0.15, 0.2) is 0 Å². The third-order valence-corrected chi connectivity index (χ3v) is 4.58. The van der Waals surface area contributed by atoms with Crippen molar-refractivity contribution in [2.24, 2.45) is 0 Å². The van der Waals surface area contributed by atoms with Crippen molar-refractivity contribution in [3.05, 3.63) is 28.8 Å². The van der Waals surface area contributed by atoms with Crippen LogP contribution in [0.25, 0.3) is 0 Å². The van der Waals surface area contributed by atoms with Crippen LogP contribution in [0.1, 0.15) is 31.7 Å². The first-order chi connectivity index (χ1) is 9.78. The standard InChI is InChI=1S/C16H23ClN2O/c1-2-14-11-20-8-7-19(14)15-6-3-12(16(17)9-15)10-18-13-4-5-13/h3,6,9,13-14,18H,2,4-5,7-8,10-11H2,1H3. The maximum atomic E-state index is 6.45. The third kappa shape index (κ3) is 3.27. The number of nitrogens with one attached hydrogen (secondary N) is 1. The summed E-state index contributed by atoms with van der Waals surface area (Å²) in [5, 5.41) is 4.39. The number of hydrogen-bond acceptors (Lipinski definition) is 3. The van der Waals surface area contributed by atoms with Gasteiger partial charge in [-0.25, -0.2) is 0 Å². The van der Waals surface area contributed by atoms with Crippen LogP contribution >= 0.6 is 11.6 Å². The van der Waals surface area contributed by atoms with Crippen molar-refractivity contribution in [3.63, 3.8) is 0 Å². The molecule has 1 aliphatic carbocycles. The van der Waals surface area contributed by atoms with Gasteiger partial charge in [-0.05, 0) is 37.0 Å². The topological polar surface area (TPSA) is 24.5 Å². The minimum Gasteiger partial charge on any atom is -0.377 e. The van der Waals surface area contributed by atoms with E-state index in [4.69, 9.17) is 16.3 Å². The number of hydrogen-bond donors (Lipinski definition) is 1. The molecule has 3 nitrogen and oxygen atoms in total. The fraction of sp³-hybridized carbons (Fsp3) is 0.625. The van der Waals surface area contributed by atoms with Crippen molar-refractivity contribution in [2.75, 3.05) is 24.7 Å². The lowest BCUT2D eigenvalue weighted by molar-refractivity contribution is 0.0930. The lowest BCUT2D eigenvalue weighted by atomic mass is 10.1. The van der Waals surface area contributed by atoms with Crippen molar-refractivity contribution in [2.45, 2.75) is 44.8 Å². The zero-order chi connectivity index (χ0) is 13.9. The molecule has 4 heteroatoms. The van der Waals surface area contributed by atoms with Crippen molar-refractivity contribution in [1.29, 1.82) is 0 Å². The Labute approximate surface area is 126 Å². The molecule has 1 aromatic carbocycles. The Morgan fingerprint density at radius 3 is 2.95 bits per heavy atom. The molecule has 3 rings (SSSR count). The van der Waals surface area contributed by atoms with Crippen LogP contribution in [0.5, 0.6) is 0 Å². The Bertz CT molecular complexity index is 462. The monoisotopic (exact) mass is 294 g/mol. The Balaban J connectivity index is 1.70. The van der Waals surface area contributed by atoms with Crippen LogP contribution in [-0.2, 0) is 11.3 Å². The molecule has 2 aliphatic rings. The van der Waals surface area contributed by atoms with Gasteiger partial charge < -0.3 is 15.0 Å². The molecular weight excluding hydrogens is 272 g/mol. The highest BCUT2D eigenvalue weighted by atomic mass is 35.5. The van der Waals surface area contributed by atoms with E-state index in [0.29, 0.717) is 6.04 Å². The first kappa shape index (κ1) is 14.2. The van der Waals surface area contributed by atoms with Crippen molar-refractivity contribution >= 4 is 17.3 Å². The minimum atomic E-state index is 0.468. The molecule has 1 heterocycles. The molecular formula is C16H23ClN2O. The first-order valence-electron chi connectivity index (χ1n) is 7.64. The SMILES string of the molecule is CCC1COCCN1c1ccc(CNC2CC2)c(Cl)c1. The average molecular weight is 295 g/mol. The van der Waals surface area contributed by atoms with Gasteiger partial charge in [-0.1, -0.05) is 24.6 Å². The molecule has 1 unspecified atom stereocenters. The Kier molecular flexibility index (Phi) is 4.49. The largest absolute Gasteiger partial charge is 0.377 e. The van der Waals surface area contributed by atoms with Gasteiger partial charge in [-0.15, -0.1) is 0 Å². The lowest BCUT2D eigenvalue weighted by Gasteiger charge is -2.37. The predicted octanol–water partition coefficient (Wildman–Crippen LogP) is 3.21. The molecule has 0 aromatic heterocycles. The van der Waals surface area contributed by atoms with Gasteiger partial charge in [-0.3, -0.25) is 0 Å². The zero-order valence-corrected chi connectivity index (χ0v) is 12.8. The second-order valence-electron chi connectivity index (χ2n) is 5.76. The van der Waals surface area contributed by atoms with Gasteiger partial charge in [-0.2, -0.15) is 0 Å². The number of benzene rings is 1. The highest BCUT2D eigenvalue weighted by Crippen LogP contribution is 2.28. The molecule has 1 N–H and O–H groups in total. The molecule has 0 amide bonds. The van der Waals surface area contributed by atoms with E-state index in [0.717, 1.165) is 43.8 Å². The van der Waals surface area contributed by atoms with E-state index in [2.05, 4.69) is 35.3 Å². The molecule has 1 aliphatic heterocycles. The van der Waals surface area contributed by atoms with Crippen LogP contribution in [0.15, 0.2) is 18.2 Å². The summed E-state index contributed by atoms with van der Waals surface area (Å²) in [6.45, 7) is 5.67. The van der Waals surface area contributed by atoms with E-state index in [9.17, 15) is 0 Å². The van der Waals surface area contributed by atoms with Gasteiger partial charge >= 0.3 is 0 Å². The number of rotatable bonds is 5. The van der Waals surface area contributed by atoms with Crippen molar-refractivity contribution in [1.82, 2.24) is 5.32 Å². The van der Waals surface area contributed by atoms with Crippen LogP contribution in [-0.4, -0.2) is 31.8 Å². The van der Waals surface area contributed by atoms with Crippen LogP contribution in [0.2, 0.25) is 5.02 Å². The van der Waals surface area contributed by atoms with Crippen LogP contribution < -0.4 is 10.2 Å². The number of nitrogens with zero attached hydrogens (tertiary/aromatic N) is 1. The quantitative estimate of drug-likeness (QED) is 0.902. The van der Waals surface area contributed by atoms with Gasteiger partial charge in [0.25, 0.3) is 0 Å². The van der Waals surface area contributed by atoms with E-state index >= 15 is 0 Å². The van der Waals surface area contributed by atoms with E-state index in [-0.39, 0.29) is 0 Å². The number of halogens is 1. The fourth-order valence-electron chi connectivity index (χ4n) is 2.73. The molecule has 0 spiro atoms. The van der Waals surface area contributed by atoms with Gasteiger partial charge in [0.1, 0.15) is 0 Å². The first-order valence-corrected chi connectivity index (χ1v) is 8.02. The Hall–Kier alpha value is -0.770. The van der Waals surface area contributed by atoms with Crippen molar-refractivity contribution < 1.29 is 4.74 Å².